The number of amides is 1. The van der Waals surface area contributed by atoms with Gasteiger partial charge in [0.1, 0.15) is 12.5 Å². The fourth-order valence-corrected chi connectivity index (χ4v) is 5.29. The van der Waals surface area contributed by atoms with Crippen molar-refractivity contribution in [1.82, 2.24) is 0 Å². The van der Waals surface area contributed by atoms with Gasteiger partial charge in [0, 0.05) is 11.1 Å². The van der Waals surface area contributed by atoms with Crippen LogP contribution >= 0.6 is 27.5 Å². The van der Waals surface area contributed by atoms with Crippen LogP contribution in [0.2, 0.25) is 0 Å². The van der Waals surface area contributed by atoms with Gasteiger partial charge in [0.15, 0.2) is 5.78 Å². The van der Waals surface area contributed by atoms with E-state index in [1.54, 1.807) is 12.1 Å². The fourth-order valence-electron chi connectivity index (χ4n) is 4.10. The Balaban J connectivity index is 2.56. The maximum Gasteiger partial charge on any atom is 0.315 e. The molecule has 0 aliphatic heterocycles. The highest BCUT2D eigenvalue weighted by molar-refractivity contribution is 9.10. The number of para-hydroxylation sites is 1. The van der Waals surface area contributed by atoms with Gasteiger partial charge in [-0.25, -0.2) is 0 Å². The third-order valence-corrected chi connectivity index (χ3v) is 8.19. The van der Waals surface area contributed by atoms with Crippen molar-refractivity contribution < 1.29 is 19.1 Å². The lowest BCUT2D eigenvalue weighted by Crippen LogP contribution is -2.35. The number of esters is 1. The Morgan fingerprint density at radius 1 is 0.892 bits per heavy atom. The summed E-state index contributed by atoms with van der Waals surface area (Å²) in [5, 5.41) is 2.31. The van der Waals surface area contributed by atoms with E-state index in [1.165, 1.54) is 44.9 Å². The van der Waals surface area contributed by atoms with Gasteiger partial charge < -0.3 is 10.1 Å². The molecule has 1 aromatic rings. The van der Waals surface area contributed by atoms with E-state index in [9.17, 15) is 14.4 Å². The summed E-state index contributed by atoms with van der Waals surface area (Å²) in [5.41, 5.74) is 0.152. The average molecular weight is 601 g/mol. The first-order chi connectivity index (χ1) is 17.5. The van der Waals surface area contributed by atoms with Gasteiger partial charge in [0.25, 0.3) is 0 Å². The van der Waals surface area contributed by atoms with Gasteiger partial charge >= 0.3 is 5.97 Å². The van der Waals surface area contributed by atoms with Crippen molar-refractivity contribution in [2.75, 3.05) is 5.32 Å². The Labute approximate surface area is 238 Å². The number of hydrogen-bond donors (Lipinski definition) is 1. The molecule has 37 heavy (non-hydrogen) atoms. The first-order valence-electron chi connectivity index (χ1n) is 13.9. The van der Waals surface area contributed by atoms with Crippen LogP contribution in [0.15, 0.2) is 30.3 Å². The number of hydrogen-bond acceptors (Lipinski definition) is 4. The molecule has 1 rings (SSSR count). The van der Waals surface area contributed by atoms with Gasteiger partial charge in [-0.15, -0.1) is 11.6 Å². The number of unbranched alkanes of at least 4 members (excludes halogenated alkanes) is 8. The van der Waals surface area contributed by atoms with Crippen LogP contribution in [-0.4, -0.2) is 34.0 Å². The van der Waals surface area contributed by atoms with Crippen molar-refractivity contribution in [1.29, 1.82) is 0 Å². The number of anilines is 1. The third kappa shape index (κ3) is 15.6. The van der Waals surface area contributed by atoms with Gasteiger partial charge in [-0.1, -0.05) is 113 Å². The molecule has 7 heteroatoms. The summed E-state index contributed by atoms with van der Waals surface area (Å²) in [6, 6.07) is 9.04. The molecule has 0 fully saturated rings. The molecular formula is C30H47BrClNO4. The van der Waals surface area contributed by atoms with E-state index >= 15 is 0 Å². The number of carbonyl (C=O) groups is 3. The number of halogens is 2. The third-order valence-electron chi connectivity index (χ3n) is 6.36. The van der Waals surface area contributed by atoms with E-state index in [1.807, 2.05) is 39.0 Å². The lowest BCUT2D eigenvalue weighted by molar-refractivity contribution is -0.151. The number of alkyl halides is 2. The lowest BCUT2D eigenvalue weighted by Gasteiger charge is -2.25. The van der Waals surface area contributed by atoms with Crippen LogP contribution < -0.4 is 5.32 Å². The molecule has 3 atom stereocenters. The van der Waals surface area contributed by atoms with Crippen molar-refractivity contribution in [2.24, 2.45) is 5.41 Å². The van der Waals surface area contributed by atoms with Crippen LogP contribution in [0.5, 0.6) is 0 Å². The van der Waals surface area contributed by atoms with Crippen LogP contribution in [0.1, 0.15) is 111 Å². The molecule has 1 amide bonds. The van der Waals surface area contributed by atoms with Crippen molar-refractivity contribution >= 4 is 50.9 Å². The van der Waals surface area contributed by atoms with Crippen molar-refractivity contribution in [3.63, 3.8) is 0 Å². The van der Waals surface area contributed by atoms with Gasteiger partial charge in [0.2, 0.25) is 5.91 Å². The number of Topliss-reactive ketones (excluding diaryl/α,β-unsaturated/α-hetero) is 1. The lowest BCUT2D eigenvalue weighted by atomic mass is 9.87. The summed E-state index contributed by atoms with van der Waals surface area (Å²) in [6.07, 6.45) is 12.1. The molecule has 0 aromatic heterocycles. The molecule has 0 spiro atoms. The Bertz CT molecular complexity index is 797. The van der Waals surface area contributed by atoms with E-state index in [4.69, 9.17) is 16.3 Å². The van der Waals surface area contributed by atoms with E-state index in [-0.39, 0.29) is 18.3 Å². The van der Waals surface area contributed by atoms with E-state index < -0.39 is 27.5 Å². The predicted molar refractivity (Wildman–Crippen MR) is 157 cm³/mol. The standard InChI is InChI=1S/C30H47BrClNO4/c1-5-6-7-8-9-10-11-12-16-19-24(20-21-25(32)28(31)29(36)30(2,3)4)37-27(35)22-26(34)33-23-17-14-13-15-18-23/h13-15,17-18,24-25,28H,5-12,16,19-22H2,1-4H3,(H,33,34). The maximum absolute atomic E-state index is 12.6. The molecule has 1 aromatic carbocycles. The number of rotatable bonds is 19. The Morgan fingerprint density at radius 2 is 1.46 bits per heavy atom. The van der Waals surface area contributed by atoms with Gasteiger partial charge in [-0.2, -0.15) is 0 Å². The minimum atomic E-state index is -0.540. The van der Waals surface area contributed by atoms with Crippen LogP contribution in [0.4, 0.5) is 5.69 Å². The molecule has 1 N–H and O–H groups in total. The van der Waals surface area contributed by atoms with Gasteiger partial charge in [-0.05, 0) is 37.8 Å². The quantitative estimate of drug-likeness (QED) is 0.0747. The number of nitrogens with one attached hydrogen (secondary N) is 1. The topological polar surface area (TPSA) is 72.5 Å². The number of ether oxygens (including phenoxy) is 1. The minimum Gasteiger partial charge on any atom is -0.462 e. The predicted octanol–water partition coefficient (Wildman–Crippen LogP) is 8.61. The first-order valence-corrected chi connectivity index (χ1v) is 15.3. The molecule has 5 nitrogen and oxygen atoms in total. The SMILES string of the molecule is CCCCCCCCCCCC(CCC(Cl)C(Br)C(=O)C(C)(C)C)OC(=O)CC(=O)Nc1ccccc1. The highest BCUT2D eigenvalue weighted by Crippen LogP contribution is 2.28. The van der Waals surface area contributed by atoms with Crippen LogP contribution in [0.25, 0.3) is 0 Å². The second kappa shape index (κ2) is 18.8. The molecule has 0 bridgehead atoms. The summed E-state index contributed by atoms with van der Waals surface area (Å²) in [5.74, 6) is -0.885. The average Bonchev–Trinajstić information content (AvgIpc) is 2.84. The van der Waals surface area contributed by atoms with Crippen molar-refractivity contribution in [3.05, 3.63) is 30.3 Å². The van der Waals surface area contributed by atoms with E-state index in [2.05, 4.69) is 28.2 Å². The summed E-state index contributed by atoms with van der Waals surface area (Å²) in [7, 11) is 0. The zero-order valence-electron chi connectivity index (χ0n) is 23.2. The minimum absolute atomic E-state index is 0.0533. The second-order valence-corrected chi connectivity index (χ2v) is 12.5. The Morgan fingerprint density at radius 3 is 2.03 bits per heavy atom. The smallest absolute Gasteiger partial charge is 0.315 e. The molecule has 0 aliphatic rings. The van der Waals surface area contributed by atoms with Crippen LogP contribution in [0.3, 0.4) is 0 Å². The van der Waals surface area contributed by atoms with Crippen molar-refractivity contribution in [2.45, 2.75) is 127 Å². The van der Waals surface area contributed by atoms with Gasteiger partial charge in [-0.3, -0.25) is 14.4 Å². The zero-order valence-corrected chi connectivity index (χ0v) is 25.5. The molecular weight excluding hydrogens is 554 g/mol. The number of benzene rings is 1. The normalized spacial score (nSPS) is 14.0. The molecule has 0 radical (unpaired) electrons. The molecule has 0 saturated carbocycles. The molecule has 210 valence electrons. The second-order valence-electron chi connectivity index (χ2n) is 10.9. The first kappa shape index (κ1) is 33.6. The largest absolute Gasteiger partial charge is 0.462 e. The summed E-state index contributed by atoms with van der Waals surface area (Å²) >= 11 is 10.0. The molecule has 0 heterocycles. The number of ketones is 1. The fraction of sp³-hybridized carbons (Fsp3) is 0.700. The molecule has 0 saturated heterocycles. The monoisotopic (exact) mass is 599 g/mol. The zero-order chi connectivity index (χ0) is 27.7. The van der Waals surface area contributed by atoms with E-state index in [0.29, 0.717) is 18.5 Å². The summed E-state index contributed by atoms with van der Waals surface area (Å²) in [6.45, 7) is 7.86. The van der Waals surface area contributed by atoms with Gasteiger partial charge in [0.05, 0.1) is 10.2 Å². The summed E-state index contributed by atoms with van der Waals surface area (Å²) < 4.78 is 5.73. The Hall–Kier alpha value is -1.40. The highest BCUT2D eigenvalue weighted by atomic mass is 79.9. The van der Waals surface area contributed by atoms with Crippen LogP contribution in [0, 0.1) is 5.41 Å². The van der Waals surface area contributed by atoms with E-state index in [0.717, 1.165) is 19.3 Å². The van der Waals surface area contributed by atoms with Crippen LogP contribution in [-0.2, 0) is 19.1 Å². The Kier molecular flexibility index (Phi) is 17.1. The highest BCUT2D eigenvalue weighted by Gasteiger charge is 2.33. The van der Waals surface area contributed by atoms with Crippen molar-refractivity contribution in [3.8, 4) is 0 Å². The summed E-state index contributed by atoms with van der Waals surface area (Å²) in [4.78, 5) is 37.0. The maximum atomic E-state index is 12.6. The number of carbonyl (C=O) groups excluding carboxylic acids is 3. The molecule has 3 unspecified atom stereocenters. The molecule has 0 aliphatic carbocycles.